The molecule has 0 fully saturated rings. The van der Waals surface area contributed by atoms with Crippen molar-refractivity contribution in [1.29, 1.82) is 0 Å². The van der Waals surface area contributed by atoms with E-state index in [1.807, 2.05) is 30.3 Å². The lowest BCUT2D eigenvalue weighted by Crippen LogP contribution is -2.13. The topological polar surface area (TPSA) is 85.9 Å². The molecular formula is C24H24N2O5. The maximum Gasteiger partial charge on any atom is 0.255 e. The molecule has 0 saturated carbocycles. The van der Waals surface area contributed by atoms with E-state index in [-0.39, 0.29) is 11.8 Å². The van der Waals surface area contributed by atoms with Crippen molar-refractivity contribution in [2.75, 3.05) is 24.9 Å². The van der Waals surface area contributed by atoms with Crippen LogP contribution in [-0.4, -0.2) is 26.0 Å². The number of hydrogen-bond acceptors (Lipinski definition) is 5. The van der Waals surface area contributed by atoms with Crippen LogP contribution >= 0.6 is 0 Å². The monoisotopic (exact) mass is 420 g/mol. The molecular weight excluding hydrogens is 396 g/mol. The molecule has 160 valence electrons. The third-order valence-corrected chi connectivity index (χ3v) is 4.39. The highest BCUT2D eigenvalue weighted by molar-refractivity contribution is 6.05. The van der Waals surface area contributed by atoms with Gasteiger partial charge in [0.25, 0.3) is 5.91 Å². The zero-order valence-electron chi connectivity index (χ0n) is 17.6. The van der Waals surface area contributed by atoms with Crippen molar-refractivity contribution < 1.29 is 23.8 Å². The first-order chi connectivity index (χ1) is 15.0. The molecule has 2 amide bonds. The van der Waals surface area contributed by atoms with E-state index in [2.05, 4.69) is 10.6 Å². The van der Waals surface area contributed by atoms with Crippen LogP contribution in [0.15, 0.2) is 66.7 Å². The highest BCUT2D eigenvalue weighted by Crippen LogP contribution is 2.39. The highest BCUT2D eigenvalue weighted by atomic mass is 16.5. The molecule has 2 N–H and O–H groups in total. The summed E-state index contributed by atoms with van der Waals surface area (Å²) in [7, 11) is 3.01. The fourth-order valence-corrected chi connectivity index (χ4v) is 2.96. The number of anilines is 2. The van der Waals surface area contributed by atoms with Crippen LogP contribution in [0.2, 0.25) is 0 Å². The minimum Gasteiger partial charge on any atom is -0.493 e. The van der Waals surface area contributed by atoms with Gasteiger partial charge in [0.15, 0.2) is 11.5 Å². The molecule has 0 unspecified atom stereocenters. The average molecular weight is 420 g/mol. The molecule has 0 bridgehead atoms. The van der Waals surface area contributed by atoms with Crippen molar-refractivity contribution in [3.8, 4) is 17.2 Å². The maximum absolute atomic E-state index is 12.8. The second-order valence-corrected chi connectivity index (χ2v) is 6.70. The third kappa shape index (κ3) is 5.76. The number of carbonyl (C=O) groups excluding carboxylic acids is 2. The first kappa shape index (κ1) is 21.7. The van der Waals surface area contributed by atoms with E-state index in [1.54, 1.807) is 36.4 Å². The number of amides is 2. The Morgan fingerprint density at radius 3 is 2.00 bits per heavy atom. The average Bonchev–Trinajstić information content (AvgIpc) is 2.77. The lowest BCUT2D eigenvalue weighted by Gasteiger charge is -2.16. The van der Waals surface area contributed by atoms with Gasteiger partial charge in [0.2, 0.25) is 11.7 Å². The van der Waals surface area contributed by atoms with Gasteiger partial charge in [-0.15, -0.1) is 0 Å². The molecule has 31 heavy (non-hydrogen) atoms. The van der Waals surface area contributed by atoms with Crippen LogP contribution in [0.25, 0.3) is 0 Å². The number of nitrogens with one attached hydrogen (secondary N) is 2. The third-order valence-electron chi connectivity index (χ3n) is 4.39. The SMILES string of the molecule is COc1cc(C(=O)Nc2cccc(NC(C)=O)c2)cc(OC)c1OCc1ccccc1. The minimum absolute atomic E-state index is 0.191. The second-order valence-electron chi connectivity index (χ2n) is 6.70. The predicted molar refractivity (Wildman–Crippen MR) is 119 cm³/mol. The molecule has 0 heterocycles. The van der Waals surface area contributed by atoms with E-state index in [0.29, 0.717) is 40.8 Å². The maximum atomic E-state index is 12.8. The van der Waals surface area contributed by atoms with Crippen molar-refractivity contribution in [3.05, 3.63) is 77.9 Å². The quantitative estimate of drug-likeness (QED) is 0.561. The largest absolute Gasteiger partial charge is 0.493 e. The number of methoxy groups -OCH3 is 2. The summed E-state index contributed by atoms with van der Waals surface area (Å²) >= 11 is 0. The fraction of sp³-hybridized carbons (Fsp3) is 0.167. The van der Waals surface area contributed by atoms with Crippen LogP contribution in [0.1, 0.15) is 22.8 Å². The molecule has 0 saturated heterocycles. The van der Waals surface area contributed by atoms with E-state index in [9.17, 15) is 9.59 Å². The van der Waals surface area contributed by atoms with E-state index < -0.39 is 0 Å². The Hall–Kier alpha value is -4.00. The number of ether oxygens (including phenoxy) is 3. The Kier molecular flexibility index (Phi) is 7.11. The first-order valence-corrected chi connectivity index (χ1v) is 9.62. The Labute approximate surface area is 180 Å². The van der Waals surface area contributed by atoms with Crippen molar-refractivity contribution in [1.82, 2.24) is 0 Å². The molecule has 7 nitrogen and oxygen atoms in total. The van der Waals surface area contributed by atoms with Gasteiger partial charge in [-0.2, -0.15) is 0 Å². The Balaban J connectivity index is 1.81. The molecule has 0 aliphatic heterocycles. The van der Waals surface area contributed by atoms with Crippen LogP contribution in [0.4, 0.5) is 11.4 Å². The highest BCUT2D eigenvalue weighted by Gasteiger charge is 2.18. The van der Waals surface area contributed by atoms with Gasteiger partial charge in [-0.1, -0.05) is 36.4 Å². The summed E-state index contributed by atoms with van der Waals surface area (Å²) in [6, 6.07) is 19.8. The Morgan fingerprint density at radius 2 is 1.42 bits per heavy atom. The van der Waals surface area contributed by atoms with Gasteiger partial charge in [-0.3, -0.25) is 9.59 Å². The lowest BCUT2D eigenvalue weighted by molar-refractivity contribution is -0.114. The summed E-state index contributed by atoms with van der Waals surface area (Å²) in [5.41, 5.74) is 2.46. The number of benzene rings is 3. The summed E-state index contributed by atoms with van der Waals surface area (Å²) in [6.07, 6.45) is 0. The van der Waals surface area contributed by atoms with Gasteiger partial charge in [0, 0.05) is 23.9 Å². The summed E-state index contributed by atoms with van der Waals surface area (Å²) < 4.78 is 16.8. The van der Waals surface area contributed by atoms with Crippen molar-refractivity contribution in [2.45, 2.75) is 13.5 Å². The van der Waals surface area contributed by atoms with Crippen molar-refractivity contribution in [2.24, 2.45) is 0 Å². The molecule has 0 atom stereocenters. The minimum atomic E-state index is -0.355. The lowest BCUT2D eigenvalue weighted by atomic mass is 10.1. The van der Waals surface area contributed by atoms with E-state index >= 15 is 0 Å². The van der Waals surface area contributed by atoms with Crippen LogP contribution < -0.4 is 24.8 Å². The fourth-order valence-electron chi connectivity index (χ4n) is 2.96. The normalized spacial score (nSPS) is 10.2. The zero-order chi connectivity index (χ0) is 22.2. The van der Waals surface area contributed by atoms with Gasteiger partial charge in [0.1, 0.15) is 6.61 Å². The molecule has 0 aliphatic rings. The van der Waals surface area contributed by atoms with Gasteiger partial charge in [-0.05, 0) is 35.9 Å². The molecule has 0 aliphatic carbocycles. The summed E-state index contributed by atoms with van der Waals surface area (Å²) in [5, 5.41) is 5.49. The smallest absolute Gasteiger partial charge is 0.255 e. The number of rotatable bonds is 8. The van der Waals surface area contributed by atoms with Gasteiger partial charge < -0.3 is 24.8 Å². The van der Waals surface area contributed by atoms with Crippen LogP contribution in [0.3, 0.4) is 0 Å². The molecule has 3 aromatic carbocycles. The van der Waals surface area contributed by atoms with Gasteiger partial charge in [-0.25, -0.2) is 0 Å². The van der Waals surface area contributed by atoms with Crippen LogP contribution in [0, 0.1) is 0 Å². The Morgan fingerprint density at radius 1 is 0.806 bits per heavy atom. The van der Waals surface area contributed by atoms with Crippen molar-refractivity contribution >= 4 is 23.2 Å². The van der Waals surface area contributed by atoms with Gasteiger partial charge >= 0.3 is 0 Å². The standard InChI is InChI=1S/C24H24N2O5/c1-16(27)25-19-10-7-11-20(14-19)26-24(28)18-12-21(29-2)23(22(13-18)30-3)31-15-17-8-5-4-6-9-17/h4-14H,15H2,1-3H3,(H,25,27)(H,26,28). The number of carbonyl (C=O) groups is 2. The summed E-state index contributed by atoms with van der Waals surface area (Å²) in [5.74, 6) is 0.633. The molecule has 7 heteroatoms. The molecule has 0 spiro atoms. The second kappa shape index (κ2) is 10.2. The van der Waals surface area contributed by atoms with E-state index in [1.165, 1.54) is 21.1 Å². The van der Waals surface area contributed by atoms with E-state index in [4.69, 9.17) is 14.2 Å². The molecule has 0 aromatic heterocycles. The first-order valence-electron chi connectivity index (χ1n) is 9.62. The predicted octanol–water partition coefficient (Wildman–Crippen LogP) is 4.49. The van der Waals surface area contributed by atoms with Crippen molar-refractivity contribution in [3.63, 3.8) is 0 Å². The molecule has 3 aromatic rings. The Bertz CT molecular complexity index is 1040. The van der Waals surface area contributed by atoms with Crippen LogP contribution in [0.5, 0.6) is 17.2 Å². The number of hydrogen-bond donors (Lipinski definition) is 2. The molecule has 0 radical (unpaired) electrons. The summed E-state index contributed by atoms with van der Waals surface area (Å²) in [6.45, 7) is 1.75. The molecule has 3 rings (SSSR count). The van der Waals surface area contributed by atoms with Gasteiger partial charge in [0.05, 0.1) is 14.2 Å². The van der Waals surface area contributed by atoms with Crippen LogP contribution in [-0.2, 0) is 11.4 Å². The van der Waals surface area contributed by atoms with E-state index in [0.717, 1.165) is 5.56 Å². The summed E-state index contributed by atoms with van der Waals surface area (Å²) in [4.78, 5) is 24.1. The zero-order valence-corrected chi connectivity index (χ0v) is 17.6.